The molecular weight excluding hydrogens is 452 g/mol. The molecule has 9 nitrogen and oxygen atoms in total. The minimum atomic E-state index is -0.464. The van der Waals surface area contributed by atoms with Gasteiger partial charge in [-0.15, -0.1) is 0 Å². The van der Waals surface area contributed by atoms with Gasteiger partial charge in [0.2, 0.25) is 5.91 Å². The van der Waals surface area contributed by atoms with Crippen molar-refractivity contribution < 1.29 is 28.2 Å². The molecule has 1 aliphatic rings. The summed E-state index contributed by atoms with van der Waals surface area (Å²) in [4.78, 5) is 38.0. The van der Waals surface area contributed by atoms with Crippen LogP contribution in [0.25, 0.3) is 11.1 Å². The number of ether oxygens (including phenoxy) is 3. The topological polar surface area (TPSA) is 100 Å². The van der Waals surface area contributed by atoms with E-state index in [-0.39, 0.29) is 37.4 Å². The largest absolute Gasteiger partial charge is 0.493 e. The Kier molecular flexibility index (Phi) is 7.87. The predicted molar refractivity (Wildman–Crippen MR) is 129 cm³/mol. The van der Waals surface area contributed by atoms with Crippen molar-refractivity contribution in [3.63, 3.8) is 0 Å². The Labute approximate surface area is 203 Å². The number of carbonyl (C=O) groups excluding carboxylic acids is 2. The number of aromatic nitrogens is 1. The smallest absolute Gasteiger partial charge is 0.419 e. The van der Waals surface area contributed by atoms with Crippen molar-refractivity contribution in [2.45, 2.75) is 38.8 Å². The summed E-state index contributed by atoms with van der Waals surface area (Å²) in [7, 11) is 1.57. The number of amides is 1. The fourth-order valence-corrected chi connectivity index (χ4v) is 4.13. The van der Waals surface area contributed by atoms with Gasteiger partial charge in [0, 0.05) is 25.9 Å². The zero-order valence-electron chi connectivity index (χ0n) is 20.0. The summed E-state index contributed by atoms with van der Waals surface area (Å²) in [6, 6.07) is 12.8. The van der Waals surface area contributed by atoms with E-state index in [1.54, 1.807) is 37.1 Å². The van der Waals surface area contributed by atoms with Crippen LogP contribution in [0.5, 0.6) is 11.5 Å². The van der Waals surface area contributed by atoms with E-state index in [1.807, 2.05) is 24.3 Å². The van der Waals surface area contributed by atoms with Gasteiger partial charge in [-0.25, -0.2) is 4.79 Å². The third-order valence-electron chi connectivity index (χ3n) is 6.03. The number of rotatable bonds is 10. The monoisotopic (exact) mass is 482 g/mol. The van der Waals surface area contributed by atoms with Crippen molar-refractivity contribution >= 4 is 22.8 Å². The number of hydrogen-bond donors (Lipinski definition) is 0. The second-order valence-corrected chi connectivity index (χ2v) is 8.57. The molecule has 0 spiro atoms. The number of para-hydroxylation sites is 2. The van der Waals surface area contributed by atoms with Crippen molar-refractivity contribution in [1.82, 2.24) is 9.47 Å². The molecule has 1 saturated heterocycles. The van der Waals surface area contributed by atoms with E-state index in [1.165, 1.54) is 4.57 Å². The first kappa shape index (κ1) is 24.5. The lowest BCUT2D eigenvalue weighted by Gasteiger charge is -2.33. The molecule has 4 rings (SSSR count). The summed E-state index contributed by atoms with van der Waals surface area (Å²) in [5, 5.41) is 0. The van der Waals surface area contributed by atoms with Gasteiger partial charge in [0.05, 0.1) is 25.8 Å². The summed E-state index contributed by atoms with van der Waals surface area (Å²) in [6.45, 7) is 3.39. The third-order valence-corrected chi connectivity index (χ3v) is 6.03. The van der Waals surface area contributed by atoms with Gasteiger partial charge in [0.25, 0.3) is 0 Å². The van der Waals surface area contributed by atoms with Crippen molar-refractivity contribution in [3.05, 3.63) is 58.6 Å². The molecule has 0 aliphatic carbocycles. The second-order valence-electron chi connectivity index (χ2n) is 8.57. The van der Waals surface area contributed by atoms with Gasteiger partial charge in [-0.05, 0) is 43.2 Å². The highest BCUT2D eigenvalue weighted by molar-refractivity contribution is 5.77. The fourth-order valence-electron chi connectivity index (χ4n) is 4.13. The van der Waals surface area contributed by atoms with Crippen LogP contribution in [0.15, 0.2) is 51.7 Å². The first-order valence-electron chi connectivity index (χ1n) is 11.7. The molecule has 2 aromatic carbocycles. The minimum absolute atomic E-state index is 0.0529. The predicted octanol–water partition coefficient (Wildman–Crippen LogP) is 2.82. The molecule has 186 valence electrons. The average Bonchev–Trinajstić information content (AvgIpc) is 3.19. The number of benzene rings is 2. The van der Waals surface area contributed by atoms with Crippen LogP contribution in [0, 0.1) is 0 Å². The molecule has 0 N–H and O–H groups in total. The summed E-state index contributed by atoms with van der Waals surface area (Å²) < 4.78 is 23.9. The molecule has 3 aromatic rings. The molecule has 1 aromatic heterocycles. The lowest BCUT2D eigenvalue weighted by Crippen LogP contribution is -2.47. The number of Topliss-reactive ketones (excluding diaryl/α,β-unsaturated/α-hetero) is 1. The molecule has 1 amide bonds. The van der Waals surface area contributed by atoms with Gasteiger partial charge in [0.1, 0.15) is 18.5 Å². The molecule has 0 radical (unpaired) electrons. The zero-order valence-corrected chi connectivity index (χ0v) is 20.0. The number of ketones is 1. The Balaban J connectivity index is 1.31. The molecule has 9 heteroatoms. The summed E-state index contributed by atoms with van der Waals surface area (Å²) in [6.07, 6.45) is 1.03. The van der Waals surface area contributed by atoms with E-state index in [0.717, 1.165) is 5.56 Å². The van der Waals surface area contributed by atoms with Crippen molar-refractivity contribution in [1.29, 1.82) is 0 Å². The highest BCUT2D eigenvalue weighted by atomic mass is 16.5. The maximum atomic E-state index is 12.8. The number of methoxy groups -OCH3 is 1. The van der Waals surface area contributed by atoms with E-state index >= 15 is 0 Å². The molecule has 2 heterocycles. The fraction of sp³-hybridized carbons (Fsp3) is 0.423. The molecule has 0 bridgehead atoms. The molecule has 1 atom stereocenters. The van der Waals surface area contributed by atoms with E-state index in [0.29, 0.717) is 55.1 Å². The molecule has 1 aliphatic heterocycles. The Morgan fingerprint density at radius 2 is 1.94 bits per heavy atom. The standard InChI is InChI=1S/C26H30N2O7/c1-18(29)7-8-19-9-10-23(24(15-19)32-2)34-17-20-16-27(13-14-33-20)25(30)11-12-28-21-5-3-4-6-22(21)35-26(28)31/h3-6,9-10,15,20H,7-8,11-14,16-17H2,1-2H3. The maximum absolute atomic E-state index is 12.8. The van der Waals surface area contributed by atoms with Crippen LogP contribution in [0.2, 0.25) is 0 Å². The normalized spacial score (nSPS) is 15.8. The number of oxazole rings is 1. The summed E-state index contributed by atoms with van der Waals surface area (Å²) in [5.41, 5.74) is 2.19. The van der Waals surface area contributed by atoms with E-state index < -0.39 is 5.76 Å². The number of hydrogen-bond acceptors (Lipinski definition) is 7. The van der Waals surface area contributed by atoms with Crippen LogP contribution in [0.4, 0.5) is 0 Å². The average molecular weight is 483 g/mol. The van der Waals surface area contributed by atoms with Crippen LogP contribution in [-0.4, -0.2) is 60.7 Å². The zero-order chi connectivity index (χ0) is 24.8. The number of morpholine rings is 1. The molecule has 0 saturated carbocycles. The van der Waals surface area contributed by atoms with E-state index in [2.05, 4.69) is 0 Å². The lowest BCUT2D eigenvalue weighted by atomic mass is 10.1. The highest BCUT2D eigenvalue weighted by Gasteiger charge is 2.25. The van der Waals surface area contributed by atoms with Gasteiger partial charge in [-0.1, -0.05) is 18.2 Å². The SMILES string of the molecule is COc1cc(CCC(C)=O)ccc1OCC1CN(C(=O)CCn2c(=O)oc3ccccc32)CCO1. The highest BCUT2D eigenvalue weighted by Crippen LogP contribution is 2.29. The Morgan fingerprint density at radius 1 is 1.11 bits per heavy atom. The molecule has 1 fully saturated rings. The summed E-state index contributed by atoms with van der Waals surface area (Å²) in [5.74, 6) is 0.796. The molecule has 1 unspecified atom stereocenters. The quantitative estimate of drug-likeness (QED) is 0.438. The van der Waals surface area contributed by atoms with Gasteiger partial charge >= 0.3 is 5.76 Å². The minimum Gasteiger partial charge on any atom is -0.493 e. The van der Waals surface area contributed by atoms with Gasteiger partial charge in [-0.3, -0.25) is 9.36 Å². The first-order chi connectivity index (χ1) is 16.9. The van der Waals surface area contributed by atoms with Crippen LogP contribution < -0.4 is 15.2 Å². The number of carbonyl (C=O) groups is 2. The van der Waals surface area contributed by atoms with E-state index in [9.17, 15) is 14.4 Å². The Hall–Kier alpha value is -3.59. The molecule has 35 heavy (non-hydrogen) atoms. The van der Waals surface area contributed by atoms with Crippen molar-refractivity contribution in [3.8, 4) is 11.5 Å². The van der Waals surface area contributed by atoms with Crippen molar-refractivity contribution in [2.75, 3.05) is 33.4 Å². The number of fused-ring (bicyclic) bond motifs is 1. The van der Waals surface area contributed by atoms with Gasteiger partial charge in [0.15, 0.2) is 17.1 Å². The van der Waals surface area contributed by atoms with Gasteiger partial charge in [-0.2, -0.15) is 0 Å². The van der Waals surface area contributed by atoms with Crippen LogP contribution >= 0.6 is 0 Å². The van der Waals surface area contributed by atoms with Crippen LogP contribution in [0.3, 0.4) is 0 Å². The number of nitrogens with zero attached hydrogens (tertiary/aromatic N) is 2. The Bertz CT molecular complexity index is 1250. The Morgan fingerprint density at radius 3 is 2.74 bits per heavy atom. The summed E-state index contributed by atoms with van der Waals surface area (Å²) >= 11 is 0. The maximum Gasteiger partial charge on any atom is 0.419 e. The second kappa shape index (κ2) is 11.2. The molecular formula is C26H30N2O7. The van der Waals surface area contributed by atoms with Crippen molar-refractivity contribution in [2.24, 2.45) is 0 Å². The third kappa shape index (κ3) is 6.10. The lowest BCUT2D eigenvalue weighted by molar-refractivity contribution is -0.140. The van der Waals surface area contributed by atoms with Crippen LogP contribution in [-0.2, 0) is 27.3 Å². The number of aryl methyl sites for hydroxylation is 2. The van der Waals surface area contributed by atoms with E-state index in [4.69, 9.17) is 18.6 Å². The first-order valence-corrected chi connectivity index (χ1v) is 11.7. The van der Waals surface area contributed by atoms with Crippen LogP contribution in [0.1, 0.15) is 25.3 Å². The van der Waals surface area contributed by atoms with Gasteiger partial charge < -0.3 is 28.3 Å².